The van der Waals surface area contributed by atoms with Crippen molar-refractivity contribution in [2.75, 3.05) is 11.9 Å². The number of carbonyl (C=O) groups excluding carboxylic acids is 1. The average molecular weight is 362 g/mol. The smallest absolute Gasteiger partial charge is 0.255 e. The van der Waals surface area contributed by atoms with Crippen molar-refractivity contribution < 1.29 is 9.53 Å². The number of aryl methyl sites for hydroxylation is 2. The van der Waals surface area contributed by atoms with E-state index in [1.165, 1.54) is 0 Å². The van der Waals surface area contributed by atoms with Crippen molar-refractivity contribution in [3.8, 4) is 5.75 Å². The number of benzene rings is 2. The molecule has 4 heteroatoms. The van der Waals surface area contributed by atoms with Crippen molar-refractivity contribution in [3.05, 3.63) is 57.6 Å². The largest absolute Gasteiger partial charge is 0.494 e. The third kappa shape index (κ3) is 4.10. The zero-order valence-corrected chi connectivity index (χ0v) is 14.7. The molecule has 0 aliphatic rings. The summed E-state index contributed by atoms with van der Waals surface area (Å²) in [6.45, 7) is 6.71. The Balaban J connectivity index is 2.12. The van der Waals surface area contributed by atoms with Gasteiger partial charge < -0.3 is 10.1 Å². The molecule has 0 aliphatic carbocycles. The van der Waals surface area contributed by atoms with E-state index in [9.17, 15) is 4.79 Å². The van der Waals surface area contributed by atoms with E-state index in [0.717, 1.165) is 33.5 Å². The molecule has 0 spiro atoms. The fourth-order valence-electron chi connectivity index (χ4n) is 2.22. The molecule has 0 heterocycles. The van der Waals surface area contributed by atoms with Crippen molar-refractivity contribution in [1.29, 1.82) is 0 Å². The van der Waals surface area contributed by atoms with Crippen molar-refractivity contribution in [2.24, 2.45) is 0 Å². The minimum atomic E-state index is -0.115. The van der Waals surface area contributed by atoms with Gasteiger partial charge in [0, 0.05) is 15.7 Å². The van der Waals surface area contributed by atoms with Crippen LogP contribution in [0, 0.1) is 13.8 Å². The van der Waals surface area contributed by atoms with E-state index in [2.05, 4.69) is 28.2 Å². The normalized spacial score (nSPS) is 10.4. The number of hydrogen-bond acceptors (Lipinski definition) is 2. The summed E-state index contributed by atoms with van der Waals surface area (Å²) < 4.78 is 6.53. The average Bonchev–Trinajstić information content (AvgIpc) is 2.49. The Labute approximate surface area is 139 Å². The molecule has 0 fully saturated rings. The van der Waals surface area contributed by atoms with E-state index < -0.39 is 0 Å². The molecule has 0 bridgehead atoms. The number of halogens is 1. The lowest BCUT2D eigenvalue weighted by Crippen LogP contribution is -2.13. The number of nitrogens with one attached hydrogen (secondary N) is 1. The van der Waals surface area contributed by atoms with Crippen molar-refractivity contribution in [3.63, 3.8) is 0 Å². The van der Waals surface area contributed by atoms with Gasteiger partial charge in [0.05, 0.1) is 6.61 Å². The highest BCUT2D eigenvalue weighted by Gasteiger charge is 2.10. The van der Waals surface area contributed by atoms with Crippen molar-refractivity contribution in [2.45, 2.75) is 27.2 Å². The molecular formula is C18H20BrNO2. The first-order valence-electron chi connectivity index (χ1n) is 7.32. The molecule has 1 amide bonds. The van der Waals surface area contributed by atoms with Crippen LogP contribution < -0.4 is 10.1 Å². The maximum atomic E-state index is 12.4. The van der Waals surface area contributed by atoms with Gasteiger partial charge in [-0.15, -0.1) is 0 Å². The van der Waals surface area contributed by atoms with Crippen molar-refractivity contribution >= 4 is 27.5 Å². The van der Waals surface area contributed by atoms with Gasteiger partial charge in [0.15, 0.2) is 0 Å². The van der Waals surface area contributed by atoms with Crippen LogP contribution in [-0.2, 0) is 0 Å². The second-order valence-corrected chi connectivity index (χ2v) is 6.16. The predicted octanol–water partition coefficient (Wildman–Crippen LogP) is 5.11. The van der Waals surface area contributed by atoms with Crippen LogP contribution in [0.15, 0.2) is 40.9 Å². The molecule has 0 atom stereocenters. The third-order valence-corrected chi connectivity index (χ3v) is 3.78. The molecule has 2 aromatic rings. The monoisotopic (exact) mass is 361 g/mol. The van der Waals surface area contributed by atoms with E-state index in [1.807, 2.05) is 38.1 Å². The lowest BCUT2D eigenvalue weighted by atomic mass is 10.1. The molecule has 0 aliphatic heterocycles. The highest BCUT2D eigenvalue weighted by molar-refractivity contribution is 9.10. The Morgan fingerprint density at radius 3 is 2.27 bits per heavy atom. The van der Waals surface area contributed by atoms with Crippen LogP contribution in [-0.4, -0.2) is 12.5 Å². The summed E-state index contributed by atoms with van der Waals surface area (Å²) in [6, 6.07) is 11.2. The SMILES string of the molecule is CCCOc1ccc(C(=O)Nc2c(C)cc(Br)cc2C)cc1. The van der Waals surface area contributed by atoms with Crippen LogP contribution in [0.5, 0.6) is 5.75 Å². The van der Waals surface area contributed by atoms with E-state index >= 15 is 0 Å². The zero-order chi connectivity index (χ0) is 16.1. The molecule has 0 aromatic heterocycles. The van der Waals surface area contributed by atoms with Crippen LogP contribution in [0.4, 0.5) is 5.69 Å². The number of hydrogen-bond donors (Lipinski definition) is 1. The molecule has 1 N–H and O–H groups in total. The highest BCUT2D eigenvalue weighted by Crippen LogP contribution is 2.25. The summed E-state index contributed by atoms with van der Waals surface area (Å²) in [5.41, 5.74) is 3.54. The quantitative estimate of drug-likeness (QED) is 0.803. The van der Waals surface area contributed by atoms with E-state index in [0.29, 0.717) is 12.2 Å². The number of carbonyl (C=O) groups is 1. The number of anilines is 1. The van der Waals surface area contributed by atoms with Crippen LogP contribution in [0.3, 0.4) is 0 Å². The van der Waals surface area contributed by atoms with Gasteiger partial charge in [-0.3, -0.25) is 4.79 Å². The Hall–Kier alpha value is -1.81. The predicted molar refractivity (Wildman–Crippen MR) is 93.8 cm³/mol. The van der Waals surface area contributed by atoms with Gasteiger partial charge in [0.25, 0.3) is 5.91 Å². The first kappa shape index (κ1) is 16.6. The molecule has 2 aromatic carbocycles. The fourth-order valence-corrected chi connectivity index (χ4v) is 2.90. The van der Waals surface area contributed by atoms with Gasteiger partial charge in [-0.05, 0) is 67.8 Å². The summed E-state index contributed by atoms with van der Waals surface area (Å²) >= 11 is 3.46. The zero-order valence-electron chi connectivity index (χ0n) is 13.1. The Kier molecular flexibility index (Phi) is 5.61. The van der Waals surface area contributed by atoms with Gasteiger partial charge in [0.2, 0.25) is 0 Å². The van der Waals surface area contributed by atoms with Crippen molar-refractivity contribution in [1.82, 2.24) is 0 Å². The molecule has 116 valence electrons. The molecule has 3 nitrogen and oxygen atoms in total. The third-order valence-electron chi connectivity index (χ3n) is 3.33. The summed E-state index contributed by atoms with van der Waals surface area (Å²) in [4.78, 5) is 12.4. The number of rotatable bonds is 5. The first-order valence-corrected chi connectivity index (χ1v) is 8.11. The maximum absolute atomic E-state index is 12.4. The maximum Gasteiger partial charge on any atom is 0.255 e. The molecule has 0 unspecified atom stereocenters. The standard InChI is InChI=1S/C18H20BrNO2/c1-4-9-22-16-7-5-14(6-8-16)18(21)20-17-12(2)10-15(19)11-13(17)3/h5-8,10-11H,4,9H2,1-3H3,(H,20,21). The summed E-state index contributed by atoms with van der Waals surface area (Å²) in [5.74, 6) is 0.671. The summed E-state index contributed by atoms with van der Waals surface area (Å²) in [7, 11) is 0. The lowest BCUT2D eigenvalue weighted by Gasteiger charge is -2.12. The van der Waals surface area contributed by atoms with Gasteiger partial charge >= 0.3 is 0 Å². The first-order chi connectivity index (χ1) is 10.5. The van der Waals surface area contributed by atoms with Crippen LogP contribution in [0.1, 0.15) is 34.8 Å². The van der Waals surface area contributed by atoms with E-state index in [1.54, 1.807) is 12.1 Å². The molecular weight excluding hydrogens is 342 g/mol. The van der Waals surface area contributed by atoms with Gasteiger partial charge in [-0.2, -0.15) is 0 Å². The Morgan fingerprint density at radius 1 is 1.14 bits per heavy atom. The number of ether oxygens (including phenoxy) is 1. The van der Waals surface area contributed by atoms with Crippen LogP contribution >= 0.6 is 15.9 Å². The Bertz CT molecular complexity index is 642. The summed E-state index contributed by atoms with van der Waals surface area (Å²) in [6.07, 6.45) is 0.963. The molecule has 22 heavy (non-hydrogen) atoms. The highest BCUT2D eigenvalue weighted by atomic mass is 79.9. The minimum absolute atomic E-state index is 0.115. The lowest BCUT2D eigenvalue weighted by molar-refractivity contribution is 0.102. The van der Waals surface area contributed by atoms with E-state index in [4.69, 9.17) is 4.74 Å². The van der Waals surface area contributed by atoms with Crippen LogP contribution in [0.25, 0.3) is 0 Å². The second kappa shape index (κ2) is 7.45. The van der Waals surface area contributed by atoms with Gasteiger partial charge in [-0.1, -0.05) is 22.9 Å². The van der Waals surface area contributed by atoms with Gasteiger partial charge in [0.1, 0.15) is 5.75 Å². The molecule has 0 radical (unpaired) electrons. The summed E-state index contributed by atoms with van der Waals surface area (Å²) in [5, 5.41) is 2.98. The van der Waals surface area contributed by atoms with Crippen LogP contribution in [0.2, 0.25) is 0 Å². The van der Waals surface area contributed by atoms with E-state index in [-0.39, 0.29) is 5.91 Å². The topological polar surface area (TPSA) is 38.3 Å². The van der Waals surface area contributed by atoms with Gasteiger partial charge in [-0.25, -0.2) is 0 Å². The minimum Gasteiger partial charge on any atom is -0.494 e. The number of amides is 1. The molecule has 0 saturated carbocycles. The fraction of sp³-hybridized carbons (Fsp3) is 0.278. The molecule has 2 rings (SSSR count). The molecule has 0 saturated heterocycles. The Morgan fingerprint density at radius 2 is 1.73 bits per heavy atom. The second-order valence-electron chi connectivity index (χ2n) is 5.24.